The summed E-state index contributed by atoms with van der Waals surface area (Å²) in [7, 11) is 3.06. The van der Waals surface area contributed by atoms with Gasteiger partial charge in [0.2, 0.25) is 5.91 Å². The molecule has 0 aliphatic heterocycles. The number of aryl methyl sites for hydroxylation is 2. The molecule has 0 aliphatic rings. The second-order valence-corrected chi connectivity index (χ2v) is 6.63. The van der Waals surface area contributed by atoms with Crippen LogP contribution in [0.5, 0.6) is 11.5 Å². The topological polar surface area (TPSA) is 82.5 Å². The Bertz CT molecular complexity index is 1110. The Morgan fingerprint density at radius 3 is 2.41 bits per heavy atom. The maximum atomic E-state index is 12.5. The highest BCUT2D eigenvalue weighted by Crippen LogP contribution is 2.29. The zero-order valence-corrected chi connectivity index (χ0v) is 16.9. The van der Waals surface area contributed by atoms with Crippen LogP contribution in [0.4, 0.5) is 5.69 Å². The Balaban J connectivity index is 1.80. The van der Waals surface area contributed by atoms with Crippen LogP contribution in [0, 0.1) is 13.8 Å². The summed E-state index contributed by atoms with van der Waals surface area (Å²) in [6, 6.07) is 14.1. The molecule has 0 atom stereocenters. The highest BCUT2D eigenvalue weighted by molar-refractivity contribution is 5.90. The minimum Gasteiger partial charge on any atom is -0.493 e. The van der Waals surface area contributed by atoms with E-state index in [2.05, 4.69) is 10.4 Å². The smallest absolute Gasteiger partial charge is 0.267 e. The van der Waals surface area contributed by atoms with Crippen molar-refractivity contribution in [2.45, 2.75) is 20.4 Å². The van der Waals surface area contributed by atoms with E-state index in [1.165, 1.54) is 25.8 Å². The van der Waals surface area contributed by atoms with Gasteiger partial charge in [0.05, 0.1) is 19.9 Å². The fraction of sp³-hybridized carbons (Fsp3) is 0.227. The van der Waals surface area contributed by atoms with Gasteiger partial charge < -0.3 is 14.8 Å². The minimum absolute atomic E-state index is 0.203. The number of methoxy groups -OCH3 is 2. The van der Waals surface area contributed by atoms with Crippen molar-refractivity contribution < 1.29 is 14.3 Å². The number of aromatic nitrogens is 2. The van der Waals surface area contributed by atoms with Crippen LogP contribution in [0.15, 0.2) is 53.3 Å². The van der Waals surface area contributed by atoms with Crippen LogP contribution in [-0.4, -0.2) is 29.9 Å². The van der Waals surface area contributed by atoms with E-state index in [9.17, 15) is 9.59 Å². The number of nitrogens with one attached hydrogen (secondary N) is 1. The lowest BCUT2D eigenvalue weighted by atomic mass is 10.0. The van der Waals surface area contributed by atoms with Crippen molar-refractivity contribution in [1.82, 2.24) is 9.78 Å². The number of carbonyl (C=O) groups excluding carboxylic acids is 1. The van der Waals surface area contributed by atoms with Gasteiger partial charge in [-0.25, -0.2) is 4.68 Å². The van der Waals surface area contributed by atoms with Crippen LogP contribution in [0.1, 0.15) is 11.1 Å². The molecule has 29 heavy (non-hydrogen) atoms. The van der Waals surface area contributed by atoms with E-state index in [-0.39, 0.29) is 18.0 Å². The van der Waals surface area contributed by atoms with Gasteiger partial charge in [0.15, 0.2) is 11.5 Å². The Labute approximate surface area is 168 Å². The molecule has 0 saturated heterocycles. The van der Waals surface area contributed by atoms with Crippen molar-refractivity contribution in [1.29, 1.82) is 0 Å². The first-order valence-electron chi connectivity index (χ1n) is 9.09. The van der Waals surface area contributed by atoms with Crippen molar-refractivity contribution in [3.63, 3.8) is 0 Å². The molecule has 0 radical (unpaired) electrons. The van der Waals surface area contributed by atoms with Crippen LogP contribution in [0.3, 0.4) is 0 Å². The summed E-state index contributed by atoms with van der Waals surface area (Å²) in [5, 5.41) is 7.10. The Morgan fingerprint density at radius 1 is 0.966 bits per heavy atom. The molecule has 1 amide bonds. The quantitative estimate of drug-likeness (QED) is 0.696. The molecule has 0 fully saturated rings. The lowest BCUT2D eigenvalue weighted by Gasteiger charge is -2.11. The fourth-order valence-corrected chi connectivity index (χ4v) is 2.87. The van der Waals surface area contributed by atoms with Gasteiger partial charge >= 0.3 is 0 Å². The zero-order chi connectivity index (χ0) is 21.0. The molecular weight excluding hydrogens is 370 g/mol. The van der Waals surface area contributed by atoms with Crippen LogP contribution in [-0.2, 0) is 11.3 Å². The summed E-state index contributed by atoms with van der Waals surface area (Å²) in [6.45, 7) is 3.85. The van der Waals surface area contributed by atoms with Gasteiger partial charge in [-0.1, -0.05) is 12.1 Å². The molecule has 0 saturated carbocycles. The fourth-order valence-electron chi connectivity index (χ4n) is 2.87. The molecule has 7 heteroatoms. The molecule has 150 valence electrons. The number of rotatable bonds is 6. The van der Waals surface area contributed by atoms with Gasteiger partial charge in [0.1, 0.15) is 6.54 Å². The van der Waals surface area contributed by atoms with Crippen molar-refractivity contribution in [3.8, 4) is 22.8 Å². The van der Waals surface area contributed by atoms with Gasteiger partial charge in [-0.3, -0.25) is 9.59 Å². The molecule has 0 aliphatic carbocycles. The number of nitrogens with zero attached hydrogens (tertiary/aromatic N) is 2. The number of carbonyl (C=O) groups is 1. The van der Waals surface area contributed by atoms with Crippen molar-refractivity contribution in [3.05, 3.63) is 70.0 Å². The first kappa shape index (κ1) is 20.1. The van der Waals surface area contributed by atoms with E-state index in [0.717, 1.165) is 15.8 Å². The Morgan fingerprint density at radius 2 is 1.72 bits per heavy atom. The summed E-state index contributed by atoms with van der Waals surface area (Å²) < 4.78 is 11.6. The Hall–Kier alpha value is -3.61. The average Bonchev–Trinajstić information content (AvgIpc) is 2.71. The molecule has 1 heterocycles. The average molecular weight is 393 g/mol. The summed E-state index contributed by atoms with van der Waals surface area (Å²) in [4.78, 5) is 24.6. The van der Waals surface area contributed by atoms with Crippen molar-refractivity contribution >= 4 is 11.6 Å². The molecule has 0 unspecified atom stereocenters. The second kappa shape index (κ2) is 8.60. The van der Waals surface area contributed by atoms with Crippen LogP contribution in [0.25, 0.3) is 11.3 Å². The monoisotopic (exact) mass is 393 g/mol. The first-order chi connectivity index (χ1) is 13.9. The molecule has 1 aromatic heterocycles. The summed E-state index contributed by atoms with van der Waals surface area (Å²) in [5.74, 6) is 0.686. The second-order valence-electron chi connectivity index (χ2n) is 6.63. The van der Waals surface area contributed by atoms with Gasteiger partial charge in [-0.2, -0.15) is 5.10 Å². The van der Waals surface area contributed by atoms with Gasteiger partial charge in [-0.05, 0) is 49.2 Å². The first-order valence-corrected chi connectivity index (χ1v) is 9.09. The molecule has 0 spiro atoms. The van der Waals surface area contributed by atoms with Crippen LogP contribution < -0.4 is 20.3 Å². The normalized spacial score (nSPS) is 10.5. The third-order valence-electron chi connectivity index (χ3n) is 4.63. The van der Waals surface area contributed by atoms with Crippen molar-refractivity contribution in [2.24, 2.45) is 0 Å². The largest absolute Gasteiger partial charge is 0.493 e. The minimum atomic E-state index is -0.371. The van der Waals surface area contributed by atoms with E-state index in [1.807, 2.05) is 32.0 Å². The third kappa shape index (κ3) is 4.63. The maximum Gasteiger partial charge on any atom is 0.267 e. The van der Waals surface area contributed by atoms with Crippen LogP contribution in [0.2, 0.25) is 0 Å². The molecule has 7 nitrogen and oxygen atoms in total. The van der Waals surface area contributed by atoms with Crippen LogP contribution >= 0.6 is 0 Å². The van der Waals surface area contributed by atoms with E-state index in [1.54, 1.807) is 24.3 Å². The SMILES string of the molecule is COc1ccc(NC(=O)Cn2nc(-c3ccc(C)c(C)c3)ccc2=O)cc1OC. The summed E-state index contributed by atoms with van der Waals surface area (Å²) in [6.07, 6.45) is 0. The van der Waals surface area contributed by atoms with Gasteiger partial charge in [-0.15, -0.1) is 0 Å². The van der Waals surface area contributed by atoms with Gasteiger partial charge in [0.25, 0.3) is 5.56 Å². The number of benzene rings is 2. The number of anilines is 1. The number of hydrogen-bond donors (Lipinski definition) is 1. The molecule has 3 rings (SSSR count). The molecule has 3 aromatic rings. The molecular formula is C22H23N3O4. The third-order valence-corrected chi connectivity index (χ3v) is 4.63. The van der Waals surface area contributed by atoms with Gasteiger partial charge in [0, 0.05) is 23.4 Å². The maximum absolute atomic E-state index is 12.5. The predicted octanol–water partition coefficient (Wildman–Crippen LogP) is 3.18. The number of hydrogen-bond acceptors (Lipinski definition) is 5. The lowest BCUT2D eigenvalue weighted by molar-refractivity contribution is -0.117. The highest BCUT2D eigenvalue weighted by atomic mass is 16.5. The zero-order valence-electron chi connectivity index (χ0n) is 16.9. The summed E-state index contributed by atoms with van der Waals surface area (Å²) >= 11 is 0. The van der Waals surface area contributed by atoms with E-state index in [0.29, 0.717) is 22.9 Å². The lowest BCUT2D eigenvalue weighted by Crippen LogP contribution is -2.29. The predicted molar refractivity (Wildman–Crippen MR) is 112 cm³/mol. The van der Waals surface area contributed by atoms with E-state index < -0.39 is 0 Å². The number of ether oxygens (including phenoxy) is 2. The highest BCUT2D eigenvalue weighted by Gasteiger charge is 2.11. The van der Waals surface area contributed by atoms with E-state index >= 15 is 0 Å². The van der Waals surface area contributed by atoms with E-state index in [4.69, 9.17) is 9.47 Å². The van der Waals surface area contributed by atoms with Crippen molar-refractivity contribution in [2.75, 3.05) is 19.5 Å². The molecule has 0 bridgehead atoms. The summed E-state index contributed by atoms with van der Waals surface area (Å²) in [5.41, 5.74) is 4.02. The molecule has 1 N–H and O–H groups in total. The standard InChI is InChI=1S/C22H23N3O4/c1-14-5-6-16(11-15(14)2)18-8-10-22(27)25(24-18)13-21(26)23-17-7-9-19(28-3)20(12-17)29-4/h5-12H,13H2,1-4H3,(H,23,26). The Kier molecular flexibility index (Phi) is 5.97. The molecule has 2 aromatic carbocycles. The number of amides is 1.